The molecule has 166 valence electrons. The molecule has 0 unspecified atom stereocenters. The van der Waals surface area contributed by atoms with Crippen molar-refractivity contribution in [3.05, 3.63) is 0 Å². The van der Waals surface area contributed by atoms with Crippen LogP contribution in [0.3, 0.4) is 0 Å². The smallest absolute Gasteiger partial charge is 0.329 e. The molecule has 11 nitrogen and oxygen atoms in total. The summed E-state index contributed by atoms with van der Waals surface area (Å²) in [7, 11) is 1.63. The van der Waals surface area contributed by atoms with Gasteiger partial charge in [-0.1, -0.05) is 0 Å². The van der Waals surface area contributed by atoms with Gasteiger partial charge in [0.2, 0.25) is 5.91 Å². The first kappa shape index (κ1) is 26.7. The fraction of sp³-hybridized carbons (Fsp3) is 0.882. The Balaban J connectivity index is 3.10. The Hall–Kier alpha value is -1.34. The van der Waals surface area contributed by atoms with Crippen LogP contribution in [0.1, 0.15) is 0 Å². The fourth-order valence-electron chi connectivity index (χ4n) is 1.67. The van der Waals surface area contributed by atoms with E-state index in [1.165, 1.54) is 0 Å². The second kappa shape index (κ2) is 22.0. The predicted molar refractivity (Wildman–Crippen MR) is 97.4 cm³/mol. The van der Waals surface area contributed by atoms with Crippen molar-refractivity contribution >= 4 is 11.9 Å². The number of carboxylic acids is 1. The first-order valence-electron chi connectivity index (χ1n) is 9.10. The number of hydrogen-bond donors (Lipinski definition) is 2. The summed E-state index contributed by atoms with van der Waals surface area (Å²) in [6, 6.07) is 0. The monoisotopic (exact) mass is 411 g/mol. The predicted octanol–water partition coefficient (Wildman–Crippen LogP) is -1.07. The van der Waals surface area contributed by atoms with Gasteiger partial charge in [0, 0.05) is 13.7 Å². The number of ether oxygens (including phenoxy) is 7. The highest BCUT2D eigenvalue weighted by Gasteiger charge is 2.02. The molecule has 0 aromatic heterocycles. The second-order valence-corrected chi connectivity index (χ2v) is 5.29. The molecule has 28 heavy (non-hydrogen) atoms. The van der Waals surface area contributed by atoms with Gasteiger partial charge in [-0.15, -0.1) is 0 Å². The van der Waals surface area contributed by atoms with E-state index in [4.69, 9.17) is 33.5 Å². The third kappa shape index (κ3) is 22.7. The minimum Gasteiger partial charge on any atom is -0.480 e. The Morgan fingerprint density at radius 1 is 0.643 bits per heavy atom. The van der Waals surface area contributed by atoms with Gasteiger partial charge in [0.1, 0.15) is 13.2 Å². The standard InChI is InChI=1S/C17H33NO10/c1-22-4-5-24-8-9-26-12-13-27-11-10-25-7-6-23-3-2-18-16(19)14-28-15-17(20)21/h2-15H2,1H3,(H,18,19)(H,20,21). The molecular weight excluding hydrogens is 378 g/mol. The molecule has 0 radical (unpaired) electrons. The molecule has 0 aliphatic rings. The fourth-order valence-corrected chi connectivity index (χ4v) is 1.67. The zero-order valence-corrected chi connectivity index (χ0v) is 16.5. The maximum Gasteiger partial charge on any atom is 0.329 e. The normalized spacial score (nSPS) is 10.9. The van der Waals surface area contributed by atoms with Crippen LogP contribution in [-0.2, 0) is 42.7 Å². The lowest BCUT2D eigenvalue weighted by atomic mass is 10.6. The molecule has 1 amide bonds. The molecule has 0 atom stereocenters. The summed E-state index contributed by atoms with van der Waals surface area (Å²) in [5.41, 5.74) is 0. The van der Waals surface area contributed by atoms with Gasteiger partial charge in [0.05, 0.1) is 72.7 Å². The van der Waals surface area contributed by atoms with E-state index in [2.05, 4.69) is 10.1 Å². The van der Waals surface area contributed by atoms with Crippen molar-refractivity contribution in [3.63, 3.8) is 0 Å². The van der Waals surface area contributed by atoms with E-state index >= 15 is 0 Å². The lowest BCUT2D eigenvalue weighted by Gasteiger charge is -2.08. The van der Waals surface area contributed by atoms with Gasteiger partial charge < -0.3 is 43.6 Å². The molecule has 0 fully saturated rings. The molecule has 0 aromatic rings. The Morgan fingerprint density at radius 2 is 1.07 bits per heavy atom. The quantitative estimate of drug-likeness (QED) is 0.212. The average Bonchev–Trinajstić information content (AvgIpc) is 2.66. The minimum absolute atomic E-state index is 0.289. The van der Waals surface area contributed by atoms with Crippen LogP contribution in [0.4, 0.5) is 0 Å². The minimum atomic E-state index is -1.12. The molecule has 2 N–H and O–H groups in total. The number of carbonyl (C=O) groups excluding carboxylic acids is 1. The molecule has 0 rings (SSSR count). The summed E-state index contributed by atoms with van der Waals surface area (Å²) in [6.45, 7) is 4.82. The zero-order valence-electron chi connectivity index (χ0n) is 16.5. The molecule has 0 aromatic carbocycles. The van der Waals surface area contributed by atoms with Crippen molar-refractivity contribution in [2.45, 2.75) is 0 Å². The summed E-state index contributed by atoms with van der Waals surface area (Å²) < 4.78 is 36.0. The van der Waals surface area contributed by atoms with Crippen molar-refractivity contribution in [3.8, 4) is 0 Å². The molecule has 11 heteroatoms. The van der Waals surface area contributed by atoms with E-state index in [1.807, 2.05) is 0 Å². The van der Waals surface area contributed by atoms with Crippen molar-refractivity contribution in [2.24, 2.45) is 0 Å². The van der Waals surface area contributed by atoms with Crippen LogP contribution >= 0.6 is 0 Å². The van der Waals surface area contributed by atoms with Crippen molar-refractivity contribution in [1.82, 2.24) is 5.32 Å². The highest BCUT2D eigenvalue weighted by molar-refractivity contribution is 5.77. The largest absolute Gasteiger partial charge is 0.480 e. The molecule has 0 heterocycles. The van der Waals surface area contributed by atoms with Crippen LogP contribution in [0, 0.1) is 0 Å². The summed E-state index contributed by atoms with van der Waals surface area (Å²) in [5, 5.41) is 10.9. The van der Waals surface area contributed by atoms with Crippen LogP contribution in [0.5, 0.6) is 0 Å². The summed E-state index contributed by atoms with van der Waals surface area (Å²) in [5.74, 6) is -1.50. The number of carboxylic acid groups (broad SMARTS) is 1. The number of amides is 1. The lowest BCUT2D eigenvalue weighted by molar-refractivity contribution is -0.143. The van der Waals surface area contributed by atoms with Crippen LogP contribution in [0.2, 0.25) is 0 Å². The van der Waals surface area contributed by atoms with Gasteiger partial charge in [-0.05, 0) is 0 Å². The highest BCUT2D eigenvalue weighted by atomic mass is 16.6. The number of rotatable bonds is 22. The third-order valence-electron chi connectivity index (χ3n) is 2.95. The van der Waals surface area contributed by atoms with Gasteiger partial charge in [-0.3, -0.25) is 4.79 Å². The third-order valence-corrected chi connectivity index (χ3v) is 2.95. The van der Waals surface area contributed by atoms with E-state index in [0.29, 0.717) is 79.2 Å². The van der Waals surface area contributed by atoms with Gasteiger partial charge in [0.25, 0.3) is 0 Å². The Bertz CT molecular complexity index is 370. The van der Waals surface area contributed by atoms with Gasteiger partial charge in [0.15, 0.2) is 0 Å². The zero-order chi connectivity index (χ0) is 20.7. The van der Waals surface area contributed by atoms with E-state index < -0.39 is 12.6 Å². The SMILES string of the molecule is COCCOCCOCCOCCOCCOCCNC(=O)COCC(=O)O. The summed E-state index contributed by atoms with van der Waals surface area (Å²) >= 11 is 0. The number of aliphatic carboxylic acids is 1. The van der Waals surface area contributed by atoms with E-state index in [9.17, 15) is 9.59 Å². The average molecular weight is 411 g/mol. The molecule has 0 bridgehead atoms. The van der Waals surface area contributed by atoms with E-state index in [0.717, 1.165) is 0 Å². The second-order valence-electron chi connectivity index (χ2n) is 5.29. The Labute approximate surface area is 165 Å². The molecule has 0 saturated carbocycles. The van der Waals surface area contributed by atoms with Crippen molar-refractivity contribution in [2.75, 3.05) is 99.5 Å². The van der Waals surface area contributed by atoms with Crippen LogP contribution in [0.25, 0.3) is 0 Å². The molecular formula is C17H33NO10. The molecule has 0 aliphatic carbocycles. The van der Waals surface area contributed by atoms with Crippen molar-refractivity contribution < 1.29 is 47.9 Å². The molecule has 0 aliphatic heterocycles. The number of carbonyl (C=O) groups is 2. The molecule has 0 saturated heterocycles. The van der Waals surface area contributed by atoms with Crippen molar-refractivity contribution in [1.29, 1.82) is 0 Å². The first-order valence-corrected chi connectivity index (χ1v) is 9.10. The first-order chi connectivity index (χ1) is 13.7. The number of nitrogens with one attached hydrogen (secondary N) is 1. The van der Waals surface area contributed by atoms with Gasteiger partial charge in [-0.25, -0.2) is 4.79 Å². The van der Waals surface area contributed by atoms with Crippen LogP contribution in [0.15, 0.2) is 0 Å². The lowest BCUT2D eigenvalue weighted by Crippen LogP contribution is -2.31. The van der Waals surface area contributed by atoms with E-state index in [1.54, 1.807) is 7.11 Å². The summed E-state index contributed by atoms with van der Waals surface area (Å²) in [4.78, 5) is 21.5. The number of hydrogen-bond acceptors (Lipinski definition) is 9. The topological polar surface area (TPSA) is 131 Å². The van der Waals surface area contributed by atoms with Gasteiger partial charge >= 0.3 is 5.97 Å². The van der Waals surface area contributed by atoms with Crippen LogP contribution < -0.4 is 5.32 Å². The summed E-state index contributed by atoms with van der Waals surface area (Å²) in [6.07, 6.45) is 0. The highest BCUT2D eigenvalue weighted by Crippen LogP contribution is 1.84. The van der Waals surface area contributed by atoms with E-state index in [-0.39, 0.29) is 12.5 Å². The van der Waals surface area contributed by atoms with Gasteiger partial charge in [-0.2, -0.15) is 0 Å². The maximum absolute atomic E-state index is 11.3. The molecule has 0 spiro atoms. The Kier molecular flexibility index (Phi) is 20.9. The Morgan fingerprint density at radius 3 is 1.50 bits per heavy atom. The number of methoxy groups -OCH3 is 1. The maximum atomic E-state index is 11.3. The van der Waals surface area contributed by atoms with Crippen LogP contribution in [-0.4, -0.2) is 117 Å².